The Labute approximate surface area is 124 Å². The van der Waals surface area contributed by atoms with Gasteiger partial charge in [-0.25, -0.2) is 4.79 Å². The molecular formula is C6H11KO6S. The van der Waals surface area contributed by atoms with Crippen LogP contribution in [0.3, 0.4) is 0 Å². The van der Waals surface area contributed by atoms with E-state index in [1.165, 1.54) is 0 Å². The predicted molar refractivity (Wildman–Crippen MR) is 50.7 cm³/mol. The standard InChI is InChI=1S/C6H10O6S.K.H/c1-2-6(8)12-3-5(7)4-13(9,10)11;;/h2,5,7H,1,3-4H2,(H,9,10,11);;. The predicted octanol–water partition coefficient (Wildman–Crippen LogP) is -1.68. The number of carbonyl (C=O) groups is 1. The maximum atomic E-state index is 10.4. The van der Waals surface area contributed by atoms with Gasteiger partial charge in [0, 0.05) is 6.08 Å². The number of esters is 1. The van der Waals surface area contributed by atoms with Crippen LogP contribution in [0.1, 0.15) is 0 Å². The first-order chi connectivity index (χ1) is 5.85. The van der Waals surface area contributed by atoms with Crippen molar-refractivity contribution < 1.29 is 27.6 Å². The summed E-state index contributed by atoms with van der Waals surface area (Å²) in [4.78, 5) is 10.4. The zero-order valence-electron chi connectivity index (χ0n) is 6.71. The fourth-order valence-electron chi connectivity index (χ4n) is 0.528. The molecule has 0 aromatic carbocycles. The van der Waals surface area contributed by atoms with Gasteiger partial charge < -0.3 is 9.84 Å². The molecule has 0 radical (unpaired) electrons. The number of rotatable bonds is 5. The third kappa shape index (κ3) is 10.8. The second kappa shape index (κ2) is 7.94. The van der Waals surface area contributed by atoms with Crippen LogP contribution >= 0.6 is 0 Å². The molecule has 0 saturated carbocycles. The van der Waals surface area contributed by atoms with Gasteiger partial charge in [0.15, 0.2) is 0 Å². The molecular weight excluding hydrogens is 239 g/mol. The molecule has 0 fully saturated rings. The number of ether oxygens (including phenoxy) is 1. The van der Waals surface area contributed by atoms with Crippen molar-refractivity contribution in [1.29, 1.82) is 0 Å². The van der Waals surface area contributed by atoms with E-state index in [-0.39, 0.29) is 51.4 Å². The van der Waals surface area contributed by atoms with Gasteiger partial charge in [-0.3, -0.25) is 4.55 Å². The van der Waals surface area contributed by atoms with E-state index in [2.05, 4.69) is 11.3 Å². The molecule has 0 heterocycles. The van der Waals surface area contributed by atoms with Crippen molar-refractivity contribution in [1.82, 2.24) is 0 Å². The fraction of sp³-hybridized carbons (Fsp3) is 0.500. The van der Waals surface area contributed by atoms with Crippen LogP contribution in [0, 0.1) is 0 Å². The van der Waals surface area contributed by atoms with Crippen molar-refractivity contribution in [3.63, 3.8) is 0 Å². The van der Waals surface area contributed by atoms with E-state index in [0.717, 1.165) is 6.08 Å². The quantitative estimate of drug-likeness (QED) is 0.261. The minimum atomic E-state index is -4.25. The van der Waals surface area contributed by atoms with Crippen LogP contribution in [-0.4, -0.2) is 93.9 Å². The Morgan fingerprint density at radius 1 is 1.57 bits per heavy atom. The Hall–Kier alpha value is 0.716. The van der Waals surface area contributed by atoms with E-state index >= 15 is 0 Å². The van der Waals surface area contributed by atoms with E-state index < -0.39 is 34.6 Å². The first-order valence-electron chi connectivity index (χ1n) is 3.27. The summed E-state index contributed by atoms with van der Waals surface area (Å²) in [5.74, 6) is -1.63. The molecule has 0 spiro atoms. The van der Waals surface area contributed by atoms with Crippen molar-refractivity contribution in [3.8, 4) is 0 Å². The Kier molecular flexibility index (Phi) is 9.71. The van der Waals surface area contributed by atoms with Crippen molar-refractivity contribution in [3.05, 3.63) is 12.7 Å². The summed E-state index contributed by atoms with van der Waals surface area (Å²) >= 11 is 0. The monoisotopic (exact) mass is 250 g/mol. The van der Waals surface area contributed by atoms with Gasteiger partial charge in [0.2, 0.25) is 0 Å². The molecule has 14 heavy (non-hydrogen) atoms. The van der Waals surface area contributed by atoms with Crippen LogP contribution < -0.4 is 0 Å². The third-order valence-corrected chi connectivity index (χ3v) is 1.79. The summed E-state index contributed by atoms with van der Waals surface area (Å²) in [6.07, 6.45) is -0.556. The number of hydrogen-bond donors (Lipinski definition) is 2. The molecule has 0 aromatic rings. The summed E-state index contributed by atoms with van der Waals surface area (Å²) in [6.45, 7) is 2.59. The summed E-state index contributed by atoms with van der Waals surface area (Å²) in [6, 6.07) is 0. The van der Waals surface area contributed by atoms with E-state index in [1.54, 1.807) is 0 Å². The fourth-order valence-corrected chi connectivity index (χ4v) is 1.11. The van der Waals surface area contributed by atoms with E-state index in [0.29, 0.717) is 0 Å². The molecule has 2 N–H and O–H groups in total. The molecule has 0 aliphatic rings. The Morgan fingerprint density at radius 2 is 2.07 bits per heavy atom. The third-order valence-electron chi connectivity index (χ3n) is 0.988. The second-order valence-corrected chi connectivity index (χ2v) is 3.73. The molecule has 1 unspecified atom stereocenters. The van der Waals surface area contributed by atoms with Gasteiger partial charge in [-0.2, -0.15) is 8.42 Å². The Bertz CT molecular complexity index is 285. The van der Waals surface area contributed by atoms with Crippen LogP contribution in [0.5, 0.6) is 0 Å². The van der Waals surface area contributed by atoms with E-state index in [4.69, 9.17) is 9.66 Å². The van der Waals surface area contributed by atoms with Crippen molar-refractivity contribution in [2.45, 2.75) is 6.10 Å². The summed E-state index contributed by atoms with van der Waals surface area (Å²) in [5, 5.41) is 8.88. The molecule has 78 valence electrons. The average Bonchev–Trinajstić information content (AvgIpc) is 1.97. The van der Waals surface area contributed by atoms with Crippen LogP contribution in [-0.2, 0) is 19.6 Å². The van der Waals surface area contributed by atoms with Gasteiger partial charge in [0.25, 0.3) is 10.1 Å². The molecule has 0 aliphatic heterocycles. The number of carbonyl (C=O) groups excluding carboxylic acids is 1. The van der Waals surface area contributed by atoms with Crippen LogP contribution in [0.2, 0.25) is 0 Å². The first kappa shape index (κ1) is 17.1. The maximum absolute atomic E-state index is 10.4. The van der Waals surface area contributed by atoms with Crippen LogP contribution in [0.25, 0.3) is 0 Å². The summed E-state index contributed by atoms with van der Waals surface area (Å²) in [7, 11) is -4.25. The molecule has 0 aliphatic carbocycles. The molecule has 0 amide bonds. The zero-order chi connectivity index (χ0) is 10.5. The van der Waals surface area contributed by atoms with E-state index in [1.807, 2.05) is 0 Å². The molecule has 1 atom stereocenters. The van der Waals surface area contributed by atoms with Crippen molar-refractivity contribution in [2.75, 3.05) is 12.4 Å². The topological polar surface area (TPSA) is 101 Å². The minimum absolute atomic E-state index is 0. The average molecular weight is 250 g/mol. The normalized spacial score (nSPS) is 12.4. The molecule has 8 heteroatoms. The number of aliphatic hydroxyl groups is 1. The van der Waals surface area contributed by atoms with Gasteiger partial charge in [-0.05, 0) is 0 Å². The van der Waals surface area contributed by atoms with Crippen molar-refractivity contribution in [2.24, 2.45) is 0 Å². The number of hydrogen-bond acceptors (Lipinski definition) is 5. The van der Waals surface area contributed by atoms with Crippen LogP contribution in [0.4, 0.5) is 0 Å². The van der Waals surface area contributed by atoms with Gasteiger partial charge in [0.05, 0.1) is 0 Å². The zero-order valence-corrected chi connectivity index (χ0v) is 7.53. The van der Waals surface area contributed by atoms with Crippen LogP contribution in [0.15, 0.2) is 12.7 Å². The molecule has 6 nitrogen and oxygen atoms in total. The SMILES string of the molecule is C=CC(=O)OCC(O)CS(=O)(=O)O.[KH]. The van der Waals surface area contributed by atoms with E-state index in [9.17, 15) is 13.2 Å². The molecule has 0 saturated heterocycles. The second-order valence-electron chi connectivity index (χ2n) is 2.24. The van der Waals surface area contributed by atoms with Gasteiger partial charge in [0.1, 0.15) is 18.5 Å². The van der Waals surface area contributed by atoms with Gasteiger partial charge in [-0.15, -0.1) is 0 Å². The summed E-state index contributed by atoms with van der Waals surface area (Å²) in [5.41, 5.74) is 0. The Morgan fingerprint density at radius 3 is 2.43 bits per heavy atom. The summed E-state index contributed by atoms with van der Waals surface area (Å²) < 4.78 is 33.0. The number of aliphatic hydroxyl groups excluding tert-OH is 1. The molecule has 0 bridgehead atoms. The van der Waals surface area contributed by atoms with Gasteiger partial charge in [-0.1, -0.05) is 6.58 Å². The van der Waals surface area contributed by atoms with Gasteiger partial charge >= 0.3 is 57.4 Å². The van der Waals surface area contributed by atoms with Crippen molar-refractivity contribution >= 4 is 67.5 Å². The molecule has 0 rings (SSSR count). The first-order valence-corrected chi connectivity index (χ1v) is 4.88. The Balaban J connectivity index is 0. The molecule has 0 aromatic heterocycles.